The first-order valence-corrected chi connectivity index (χ1v) is 7.07. The average molecular weight is 271 g/mol. The standard InChI is InChI=1S/C14H13NO.2C2H6/c1-4-10-12(5-2)15(3)13-9-7-6-8-11(13)14(10)16;2*1-2/h4-9H,1-2H2,3H3;2*1-2H3. The Morgan fingerprint density at radius 3 is 2.05 bits per heavy atom. The van der Waals surface area contributed by atoms with E-state index < -0.39 is 0 Å². The number of benzene rings is 1. The van der Waals surface area contributed by atoms with E-state index in [1.165, 1.54) is 0 Å². The second-order valence-corrected chi connectivity index (χ2v) is 3.61. The summed E-state index contributed by atoms with van der Waals surface area (Å²) in [6.45, 7) is 15.4. The van der Waals surface area contributed by atoms with Crippen molar-refractivity contribution >= 4 is 23.1 Å². The van der Waals surface area contributed by atoms with E-state index in [0.717, 1.165) is 11.2 Å². The molecule has 2 rings (SSSR count). The van der Waals surface area contributed by atoms with Gasteiger partial charge in [-0.15, -0.1) is 0 Å². The van der Waals surface area contributed by atoms with Crippen LogP contribution in [0.3, 0.4) is 0 Å². The molecule has 2 aromatic rings. The van der Waals surface area contributed by atoms with Gasteiger partial charge in [-0.25, -0.2) is 0 Å². The summed E-state index contributed by atoms with van der Waals surface area (Å²) in [4.78, 5) is 12.2. The summed E-state index contributed by atoms with van der Waals surface area (Å²) in [5.74, 6) is 0. The fourth-order valence-electron chi connectivity index (χ4n) is 1.97. The molecule has 108 valence electrons. The third-order valence-electron chi connectivity index (χ3n) is 2.79. The molecule has 0 saturated carbocycles. The van der Waals surface area contributed by atoms with Gasteiger partial charge in [-0.2, -0.15) is 0 Å². The van der Waals surface area contributed by atoms with Crippen LogP contribution >= 0.6 is 0 Å². The van der Waals surface area contributed by atoms with Gasteiger partial charge in [0, 0.05) is 18.0 Å². The van der Waals surface area contributed by atoms with Crippen LogP contribution in [-0.2, 0) is 7.05 Å². The Balaban J connectivity index is 0.000000829. The Bertz CT molecular complexity index is 636. The monoisotopic (exact) mass is 271 g/mol. The van der Waals surface area contributed by atoms with E-state index >= 15 is 0 Å². The molecule has 0 aliphatic heterocycles. The van der Waals surface area contributed by atoms with E-state index in [-0.39, 0.29) is 5.43 Å². The molecule has 1 aromatic carbocycles. The zero-order valence-corrected chi connectivity index (χ0v) is 13.2. The molecule has 0 saturated heterocycles. The fraction of sp³-hybridized carbons (Fsp3) is 0.278. The second kappa shape index (κ2) is 8.92. The predicted octanol–water partition coefficient (Wildman–Crippen LogP) is 4.88. The van der Waals surface area contributed by atoms with Crippen LogP contribution in [0.2, 0.25) is 0 Å². The van der Waals surface area contributed by atoms with Crippen molar-refractivity contribution in [1.29, 1.82) is 0 Å². The molecule has 20 heavy (non-hydrogen) atoms. The zero-order chi connectivity index (χ0) is 15.7. The Morgan fingerprint density at radius 1 is 1.00 bits per heavy atom. The highest BCUT2D eigenvalue weighted by atomic mass is 16.1. The largest absolute Gasteiger partial charge is 0.343 e. The summed E-state index contributed by atoms with van der Waals surface area (Å²) in [6, 6.07) is 7.54. The van der Waals surface area contributed by atoms with Gasteiger partial charge in [0.15, 0.2) is 5.43 Å². The second-order valence-electron chi connectivity index (χ2n) is 3.61. The number of para-hydroxylation sites is 1. The average Bonchev–Trinajstić information content (AvgIpc) is 2.54. The summed E-state index contributed by atoms with van der Waals surface area (Å²) in [5, 5.41) is 0.713. The van der Waals surface area contributed by atoms with Gasteiger partial charge in [-0.05, 0) is 18.2 Å². The van der Waals surface area contributed by atoms with E-state index in [1.807, 2.05) is 63.6 Å². The Kier molecular flexibility index (Phi) is 7.98. The van der Waals surface area contributed by atoms with Gasteiger partial charge in [0.05, 0.1) is 11.2 Å². The highest BCUT2D eigenvalue weighted by molar-refractivity contribution is 5.83. The zero-order valence-electron chi connectivity index (χ0n) is 13.2. The molecule has 1 aromatic heterocycles. The van der Waals surface area contributed by atoms with E-state index in [1.54, 1.807) is 12.2 Å². The number of hydrogen-bond donors (Lipinski definition) is 0. The molecule has 0 amide bonds. The summed E-state index contributed by atoms with van der Waals surface area (Å²) in [6.07, 6.45) is 3.27. The lowest BCUT2D eigenvalue weighted by Gasteiger charge is -2.12. The quantitative estimate of drug-likeness (QED) is 0.763. The molecule has 2 heteroatoms. The van der Waals surface area contributed by atoms with Crippen LogP contribution in [-0.4, -0.2) is 4.57 Å². The van der Waals surface area contributed by atoms with E-state index in [0.29, 0.717) is 10.9 Å². The molecular weight excluding hydrogens is 246 g/mol. The normalized spacial score (nSPS) is 8.85. The van der Waals surface area contributed by atoms with Gasteiger partial charge in [-0.3, -0.25) is 4.79 Å². The Hall–Kier alpha value is -2.09. The Labute approximate surface area is 122 Å². The van der Waals surface area contributed by atoms with E-state index in [2.05, 4.69) is 13.2 Å². The number of rotatable bonds is 2. The highest BCUT2D eigenvalue weighted by Crippen LogP contribution is 2.16. The molecule has 0 radical (unpaired) electrons. The first-order valence-electron chi connectivity index (χ1n) is 7.07. The van der Waals surface area contributed by atoms with Crippen molar-refractivity contribution < 1.29 is 0 Å². The first kappa shape index (κ1) is 17.9. The lowest BCUT2D eigenvalue weighted by Crippen LogP contribution is -2.14. The maximum atomic E-state index is 12.2. The Morgan fingerprint density at radius 2 is 1.55 bits per heavy atom. The van der Waals surface area contributed by atoms with Crippen molar-refractivity contribution in [3.8, 4) is 0 Å². The minimum atomic E-state index is 0.0126. The predicted molar refractivity (Wildman–Crippen MR) is 92.1 cm³/mol. The third kappa shape index (κ3) is 3.27. The minimum Gasteiger partial charge on any atom is -0.343 e. The lowest BCUT2D eigenvalue weighted by atomic mass is 10.1. The molecule has 0 bridgehead atoms. The van der Waals surface area contributed by atoms with Crippen molar-refractivity contribution in [3.05, 3.63) is 58.9 Å². The van der Waals surface area contributed by atoms with E-state index in [4.69, 9.17) is 0 Å². The number of aryl methyl sites for hydroxylation is 1. The maximum absolute atomic E-state index is 12.2. The first-order chi connectivity index (χ1) is 9.70. The van der Waals surface area contributed by atoms with Crippen LogP contribution in [0.25, 0.3) is 23.1 Å². The van der Waals surface area contributed by atoms with Gasteiger partial charge in [0.1, 0.15) is 0 Å². The minimum absolute atomic E-state index is 0.0126. The molecule has 0 aliphatic carbocycles. The van der Waals surface area contributed by atoms with Gasteiger partial charge < -0.3 is 4.57 Å². The number of nitrogens with zero attached hydrogens (tertiary/aromatic N) is 1. The molecule has 0 fully saturated rings. The molecule has 2 nitrogen and oxygen atoms in total. The smallest absolute Gasteiger partial charge is 0.197 e. The van der Waals surface area contributed by atoms with Crippen LogP contribution in [0, 0.1) is 0 Å². The van der Waals surface area contributed by atoms with Crippen LogP contribution < -0.4 is 5.43 Å². The summed E-state index contributed by atoms with van der Waals surface area (Å²) in [5.41, 5.74) is 2.33. The topological polar surface area (TPSA) is 22.0 Å². The van der Waals surface area contributed by atoms with Gasteiger partial charge in [0.2, 0.25) is 0 Å². The van der Waals surface area contributed by atoms with Crippen LogP contribution in [0.1, 0.15) is 39.0 Å². The van der Waals surface area contributed by atoms with Gasteiger partial charge in [0.25, 0.3) is 0 Å². The van der Waals surface area contributed by atoms with Crippen LogP contribution in [0.15, 0.2) is 42.2 Å². The van der Waals surface area contributed by atoms with Gasteiger partial charge in [-0.1, -0.05) is 59.1 Å². The van der Waals surface area contributed by atoms with Crippen molar-refractivity contribution in [1.82, 2.24) is 4.57 Å². The molecule has 0 N–H and O–H groups in total. The SMILES string of the molecule is C=Cc1c(C=C)n(C)c2ccccc2c1=O.CC.CC. The van der Waals surface area contributed by atoms with Crippen molar-refractivity contribution in [2.45, 2.75) is 27.7 Å². The van der Waals surface area contributed by atoms with Crippen LogP contribution in [0.4, 0.5) is 0 Å². The van der Waals surface area contributed by atoms with Crippen LogP contribution in [0.5, 0.6) is 0 Å². The third-order valence-corrected chi connectivity index (χ3v) is 2.79. The molecule has 0 aliphatic rings. The fourth-order valence-corrected chi connectivity index (χ4v) is 1.97. The van der Waals surface area contributed by atoms with Crippen molar-refractivity contribution in [2.24, 2.45) is 7.05 Å². The molecule has 0 atom stereocenters. The van der Waals surface area contributed by atoms with E-state index in [9.17, 15) is 4.79 Å². The van der Waals surface area contributed by atoms with Gasteiger partial charge >= 0.3 is 0 Å². The summed E-state index contributed by atoms with van der Waals surface area (Å²) in [7, 11) is 1.92. The number of hydrogen-bond acceptors (Lipinski definition) is 1. The maximum Gasteiger partial charge on any atom is 0.197 e. The summed E-state index contributed by atoms with van der Waals surface area (Å²) >= 11 is 0. The molecule has 0 unspecified atom stereocenters. The number of pyridine rings is 1. The summed E-state index contributed by atoms with van der Waals surface area (Å²) < 4.78 is 1.96. The number of fused-ring (bicyclic) bond motifs is 1. The molecular formula is C18H25NO. The molecule has 1 heterocycles. The van der Waals surface area contributed by atoms with Crippen molar-refractivity contribution in [3.63, 3.8) is 0 Å². The highest BCUT2D eigenvalue weighted by Gasteiger charge is 2.09. The van der Waals surface area contributed by atoms with Crippen molar-refractivity contribution in [2.75, 3.05) is 0 Å². The lowest BCUT2D eigenvalue weighted by molar-refractivity contribution is 0.932. The number of aromatic nitrogens is 1. The molecule has 0 spiro atoms.